The van der Waals surface area contributed by atoms with Crippen LogP contribution in [-0.2, 0) is 4.79 Å². The van der Waals surface area contributed by atoms with Gasteiger partial charge in [0, 0.05) is 12.1 Å². The Morgan fingerprint density at radius 2 is 1.62 bits per heavy atom. The highest BCUT2D eigenvalue weighted by molar-refractivity contribution is 5.97. The molecule has 2 aromatic carbocycles. The van der Waals surface area contributed by atoms with Crippen LogP contribution < -0.4 is 15.4 Å². The van der Waals surface area contributed by atoms with Crippen LogP contribution in [0, 0.1) is 5.92 Å². The maximum Gasteiger partial charge on any atom is 0.251 e. The normalized spacial score (nSPS) is 12.9. The zero-order valence-corrected chi connectivity index (χ0v) is 17.8. The summed E-state index contributed by atoms with van der Waals surface area (Å²) in [6.07, 6.45) is 0.841. The van der Waals surface area contributed by atoms with Gasteiger partial charge in [0.1, 0.15) is 11.8 Å². The number of carbonyl (C=O) groups is 2. The molecule has 0 radical (unpaired) electrons. The quantitative estimate of drug-likeness (QED) is 0.634. The topological polar surface area (TPSA) is 67.4 Å². The Bertz CT molecular complexity index is 772. The molecule has 0 saturated carbocycles. The van der Waals surface area contributed by atoms with Crippen molar-refractivity contribution in [3.8, 4) is 5.75 Å². The molecule has 2 atom stereocenters. The van der Waals surface area contributed by atoms with Gasteiger partial charge in [-0.3, -0.25) is 9.59 Å². The minimum absolute atomic E-state index is 0.0202. The van der Waals surface area contributed by atoms with E-state index in [0.717, 1.165) is 12.2 Å². The highest BCUT2D eigenvalue weighted by atomic mass is 16.5. The Hall–Kier alpha value is -2.82. The van der Waals surface area contributed by atoms with Crippen molar-refractivity contribution in [1.29, 1.82) is 0 Å². The standard InChI is InChI=1S/C24H32N2O3/c1-5-29-21-13-11-20(12-14-21)23(27)26-22(17(2)3)24(28)25-16-15-18(4)19-9-7-6-8-10-19/h6-14,17-18,22H,5,15-16H2,1-4H3,(H,25,28)(H,26,27). The van der Waals surface area contributed by atoms with Crippen molar-refractivity contribution in [3.63, 3.8) is 0 Å². The first-order valence-electron chi connectivity index (χ1n) is 10.3. The second kappa shape index (κ2) is 11.2. The number of hydrogen-bond acceptors (Lipinski definition) is 3. The van der Waals surface area contributed by atoms with Crippen molar-refractivity contribution in [1.82, 2.24) is 10.6 Å². The third-order valence-electron chi connectivity index (χ3n) is 4.91. The second-order valence-electron chi connectivity index (χ2n) is 7.54. The van der Waals surface area contributed by atoms with E-state index in [2.05, 4.69) is 29.7 Å². The van der Waals surface area contributed by atoms with Crippen molar-refractivity contribution in [2.24, 2.45) is 5.92 Å². The summed E-state index contributed by atoms with van der Waals surface area (Å²) < 4.78 is 5.40. The summed E-state index contributed by atoms with van der Waals surface area (Å²) in [5.41, 5.74) is 1.76. The lowest BCUT2D eigenvalue weighted by atomic mass is 9.97. The van der Waals surface area contributed by atoms with Gasteiger partial charge in [0.2, 0.25) is 5.91 Å². The van der Waals surface area contributed by atoms with E-state index >= 15 is 0 Å². The van der Waals surface area contributed by atoms with Crippen LogP contribution in [0.5, 0.6) is 5.75 Å². The van der Waals surface area contributed by atoms with E-state index in [1.165, 1.54) is 5.56 Å². The van der Waals surface area contributed by atoms with Crippen LogP contribution in [0.25, 0.3) is 0 Å². The van der Waals surface area contributed by atoms with E-state index in [4.69, 9.17) is 4.74 Å². The first-order valence-corrected chi connectivity index (χ1v) is 10.3. The molecule has 0 aliphatic heterocycles. The number of ether oxygens (including phenoxy) is 1. The highest BCUT2D eigenvalue weighted by Crippen LogP contribution is 2.17. The maximum absolute atomic E-state index is 12.7. The van der Waals surface area contributed by atoms with Gasteiger partial charge in [0.15, 0.2) is 0 Å². The predicted molar refractivity (Wildman–Crippen MR) is 116 cm³/mol. The maximum atomic E-state index is 12.7. The number of benzene rings is 2. The minimum atomic E-state index is -0.582. The summed E-state index contributed by atoms with van der Waals surface area (Å²) >= 11 is 0. The molecule has 156 valence electrons. The molecule has 2 amide bonds. The third-order valence-corrected chi connectivity index (χ3v) is 4.91. The third kappa shape index (κ3) is 6.93. The van der Waals surface area contributed by atoms with Gasteiger partial charge in [-0.15, -0.1) is 0 Å². The Kier molecular flexibility index (Phi) is 8.71. The van der Waals surface area contributed by atoms with Crippen LogP contribution in [-0.4, -0.2) is 31.0 Å². The number of hydrogen-bond donors (Lipinski definition) is 2. The zero-order valence-electron chi connectivity index (χ0n) is 17.8. The summed E-state index contributed by atoms with van der Waals surface area (Å²) in [7, 11) is 0. The molecule has 0 heterocycles. The van der Waals surface area contributed by atoms with E-state index in [0.29, 0.717) is 24.6 Å². The summed E-state index contributed by atoms with van der Waals surface area (Å²) in [6, 6.07) is 16.6. The fraction of sp³-hybridized carbons (Fsp3) is 0.417. The lowest BCUT2D eigenvalue weighted by Crippen LogP contribution is -2.50. The molecule has 2 N–H and O–H groups in total. The van der Waals surface area contributed by atoms with E-state index in [9.17, 15) is 9.59 Å². The molecule has 5 heteroatoms. The Labute approximate surface area is 173 Å². The Balaban J connectivity index is 1.89. The molecule has 0 spiro atoms. The van der Waals surface area contributed by atoms with Crippen LogP contribution in [0.1, 0.15) is 56.0 Å². The smallest absolute Gasteiger partial charge is 0.251 e. The molecule has 0 aliphatic rings. The number of nitrogens with one attached hydrogen (secondary N) is 2. The monoisotopic (exact) mass is 396 g/mol. The number of amides is 2. The van der Waals surface area contributed by atoms with Gasteiger partial charge in [-0.25, -0.2) is 0 Å². The second-order valence-corrected chi connectivity index (χ2v) is 7.54. The van der Waals surface area contributed by atoms with E-state index in [-0.39, 0.29) is 17.7 Å². The summed E-state index contributed by atoms with van der Waals surface area (Å²) in [5.74, 6) is 0.634. The van der Waals surface area contributed by atoms with Crippen molar-refractivity contribution in [3.05, 3.63) is 65.7 Å². The van der Waals surface area contributed by atoms with Gasteiger partial charge in [-0.1, -0.05) is 51.1 Å². The zero-order chi connectivity index (χ0) is 21.2. The van der Waals surface area contributed by atoms with Gasteiger partial charge >= 0.3 is 0 Å². The van der Waals surface area contributed by atoms with Gasteiger partial charge < -0.3 is 15.4 Å². The predicted octanol–water partition coefficient (Wildman–Crippen LogP) is 4.15. The molecular formula is C24H32N2O3. The van der Waals surface area contributed by atoms with Crippen molar-refractivity contribution >= 4 is 11.8 Å². The first-order chi connectivity index (χ1) is 13.9. The fourth-order valence-electron chi connectivity index (χ4n) is 3.10. The molecule has 0 aliphatic carbocycles. The molecule has 2 aromatic rings. The van der Waals surface area contributed by atoms with Crippen LogP contribution in [0.4, 0.5) is 0 Å². The lowest BCUT2D eigenvalue weighted by Gasteiger charge is -2.22. The van der Waals surface area contributed by atoms with E-state index in [1.54, 1.807) is 24.3 Å². The summed E-state index contributed by atoms with van der Waals surface area (Å²) in [4.78, 5) is 25.2. The summed E-state index contributed by atoms with van der Waals surface area (Å²) in [6.45, 7) is 9.05. The van der Waals surface area contributed by atoms with Crippen molar-refractivity contribution in [2.75, 3.05) is 13.2 Å². The molecule has 0 saturated heterocycles. The molecular weight excluding hydrogens is 364 g/mol. The largest absolute Gasteiger partial charge is 0.494 e. The molecule has 2 rings (SSSR count). The Morgan fingerprint density at radius 3 is 2.21 bits per heavy atom. The average Bonchev–Trinajstić information content (AvgIpc) is 2.72. The number of rotatable bonds is 10. The van der Waals surface area contributed by atoms with Gasteiger partial charge in [0.25, 0.3) is 5.91 Å². The van der Waals surface area contributed by atoms with Crippen molar-refractivity contribution < 1.29 is 14.3 Å². The SMILES string of the molecule is CCOc1ccc(C(=O)NC(C(=O)NCCC(C)c2ccccc2)C(C)C)cc1. The average molecular weight is 397 g/mol. The van der Waals surface area contributed by atoms with Gasteiger partial charge in [-0.2, -0.15) is 0 Å². The lowest BCUT2D eigenvalue weighted by molar-refractivity contribution is -0.123. The molecule has 0 aromatic heterocycles. The summed E-state index contributed by atoms with van der Waals surface area (Å²) in [5, 5.41) is 5.84. The fourth-order valence-corrected chi connectivity index (χ4v) is 3.10. The molecule has 5 nitrogen and oxygen atoms in total. The molecule has 0 fully saturated rings. The van der Waals surface area contributed by atoms with Crippen LogP contribution >= 0.6 is 0 Å². The first kappa shape index (κ1) is 22.5. The van der Waals surface area contributed by atoms with E-state index in [1.807, 2.05) is 39.0 Å². The van der Waals surface area contributed by atoms with E-state index < -0.39 is 6.04 Å². The van der Waals surface area contributed by atoms with Crippen molar-refractivity contribution in [2.45, 2.75) is 46.1 Å². The van der Waals surface area contributed by atoms with Gasteiger partial charge in [-0.05, 0) is 55.0 Å². The molecule has 29 heavy (non-hydrogen) atoms. The van der Waals surface area contributed by atoms with Crippen LogP contribution in [0.2, 0.25) is 0 Å². The van der Waals surface area contributed by atoms with Crippen LogP contribution in [0.3, 0.4) is 0 Å². The van der Waals surface area contributed by atoms with Crippen LogP contribution in [0.15, 0.2) is 54.6 Å². The molecule has 2 unspecified atom stereocenters. The molecule has 0 bridgehead atoms. The number of carbonyl (C=O) groups excluding carboxylic acids is 2. The highest BCUT2D eigenvalue weighted by Gasteiger charge is 2.24. The minimum Gasteiger partial charge on any atom is -0.494 e. The van der Waals surface area contributed by atoms with Gasteiger partial charge in [0.05, 0.1) is 6.61 Å². The Morgan fingerprint density at radius 1 is 0.966 bits per heavy atom.